The highest BCUT2D eigenvalue weighted by atomic mass is 17.2. The molecule has 0 spiro atoms. The van der Waals surface area contributed by atoms with E-state index in [1.165, 1.54) is 0 Å². The van der Waals surface area contributed by atoms with Gasteiger partial charge in [0.25, 0.3) is 0 Å². The lowest BCUT2D eigenvalue weighted by Gasteiger charge is -2.21. The molecule has 0 saturated carbocycles. The van der Waals surface area contributed by atoms with Crippen LogP contribution in [0.1, 0.15) is 0 Å². The van der Waals surface area contributed by atoms with E-state index in [-0.39, 0.29) is 12.7 Å². The van der Waals surface area contributed by atoms with Crippen molar-refractivity contribution in [2.75, 3.05) is 13.2 Å². The molecular formula is C3H6O3. The molecule has 0 aromatic heterocycles. The van der Waals surface area contributed by atoms with E-state index in [9.17, 15) is 0 Å². The Kier molecular flexibility index (Phi) is 1.05. The number of hydrogen-bond donors (Lipinski definition) is 1. The lowest BCUT2D eigenvalue weighted by atomic mass is 10.4. The molecule has 0 aromatic rings. The molecule has 1 rings (SSSR count). The maximum absolute atomic E-state index is 8.18. The van der Waals surface area contributed by atoms with Crippen molar-refractivity contribution >= 4 is 0 Å². The van der Waals surface area contributed by atoms with Crippen molar-refractivity contribution in [1.82, 2.24) is 0 Å². The predicted octanol–water partition coefficient (Wildman–Crippen LogP) is -0.691. The largest absolute Gasteiger partial charge is 0.393 e. The monoisotopic (exact) mass is 90.0 g/mol. The first-order chi connectivity index (χ1) is 2.93. The third kappa shape index (κ3) is 0.518. The van der Waals surface area contributed by atoms with Crippen LogP contribution in [0.5, 0.6) is 0 Å². The van der Waals surface area contributed by atoms with Gasteiger partial charge in [-0.3, -0.25) is 0 Å². The Morgan fingerprint density at radius 2 is 2.50 bits per heavy atom. The standard InChI is InChI=1S/C3H6O3/c4-1-3-2-5-6-3/h3-4H,1-2H2. The predicted molar refractivity (Wildman–Crippen MR) is 17.9 cm³/mol. The van der Waals surface area contributed by atoms with Crippen LogP contribution in [0, 0.1) is 0 Å². The van der Waals surface area contributed by atoms with Gasteiger partial charge in [-0.2, -0.15) is 0 Å². The van der Waals surface area contributed by atoms with Crippen LogP contribution in [0.4, 0.5) is 0 Å². The molecule has 1 aliphatic heterocycles. The van der Waals surface area contributed by atoms with Crippen LogP contribution < -0.4 is 0 Å². The second-order valence-corrected chi connectivity index (χ2v) is 1.19. The van der Waals surface area contributed by atoms with Gasteiger partial charge in [0.05, 0.1) is 6.61 Å². The minimum atomic E-state index is -0.0509. The van der Waals surface area contributed by atoms with Crippen LogP contribution >= 0.6 is 0 Å². The molecule has 1 fully saturated rings. The van der Waals surface area contributed by atoms with Gasteiger partial charge in [0, 0.05) is 0 Å². The molecule has 1 N–H and O–H groups in total. The molecule has 0 bridgehead atoms. The zero-order valence-electron chi connectivity index (χ0n) is 3.26. The van der Waals surface area contributed by atoms with Crippen molar-refractivity contribution in [1.29, 1.82) is 0 Å². The Morgan fingerprint density at radius 3 is 2.50 bits per heavy atom. The lowest BCUT2D eigenvalue weighted by molar-refractivity contribution is -0.428. The maximum Gasteiger partial charge on any atom is 0.142 e. The fourth-order valence-electron chi connectivity index (χ4n) is 0.247. The normalized spacial score (nSPS) is 32.5. The summed E-state index contributed by atoms with van der Waals surface area (Å²) in [6.07, 6.45) is -0.0509. The van der Waals surface area contributed by atoms with Crippen molar-refractivity contribution in [3.8, 4) is 0 Å². The van der Waals surface area contributed by atoms with Gasteiger partial charge in [-0.1, -0.05) is 0 Å². The van der Waals surface area contributed by atoms with E-state index in [2.05, 4.69) is 9.78 Å². The molecule has 1 heterocycles. The molecule has 6 heavy (non-hydrogen) atoms. The van der Waals surface area contributed by atoms with E-state index < -0.39 is 0 Å². The molecule has 0 radical (unpaired) electrons. The van der Waals surface area contributed by atoms with Gasteiger partial charge in [-0.15, -0.1) is 0 Å². The number of rotatable bonds is 1. The van der Waals surface area contributed by atoms with Gasteiger partial charge in [-0.25, -0.2) is 9.78 Å². The first kappa shape index (κ1) is 4.05. The topological polar surface area (TPSA) is 38.7 Å². The molecule has 3 nitrogen and oxygen atoms in total. The van der Waals surface area contributed by atoms with Crippen LogP contribution in [0.25, 0.3) is 0 Å². The minimum Gasteiger partial charge on any atom is -0.393 e. The van der Waals surface area contributed by atoms with Gasteiger partial charge in [0.2, 0.25) is 0 Å². The van der Waals surface area contributed by atoms with E-state index >= 15 is 0 Å². The third-order valence-electron chi connectivity index (χ3n) is 0.662. The van der Waals surface area contributed by atoms with Crippen LogP contribution in [0.2, 0.25) is 0 Å². The molecule has 0 amide bonds. The Balaban J connectivity index is 2.01. The number of aliphatic hydroxyl groups excluding tert-OH is 1. The highest BCUT2D eigenvalue weighted by Gasteiger charge is 2.17. The fourth-order valence-corrected chi connectivity index (χ4v) is 0.247. The summed E-state index contributed by atoms with van der Waals surface area (Å²) in [6.45, 7) is 0.608. The van der Waals surface area contributed by atoms with E-state index in [0.717, 1.165) is 0 Å². The van der Waals surface area contributed by atoms with Crippen LogP contribution in [-0.2, 0) is 9.78 Å². The average Bonchev–Trinajstić information content (AvgIpc) is 1.31. The van der Waals surface area contributed by atoms with Gasteiger partial charge >= 0.3 is 0 Å². The second-order valence-electron chi connectivity index (χ2n) is 1.19. The van der Waals surface area contributed by atoms with Gasteiger partial charge in [0.1, 0.15) is 12.7 Å². The number of hydrogen-bond acceptors (Lipinski definition) is 3. The van der Waals surface area contributed by atoms with Crippen molar-refractivity contribution < 1.29 is 14.9 Å². The zero-order valence-corrected chi connectivity index (χ0v) is 3.26. The minimum absolute atomic E-state index is 0.0509. The molecule has 0 aromatic carbocycles. The summed E-state index contributed by atoms with van der Waals surface area (Å²) in [5, 5.41) is 8.18. The Hall–Kier alpha value is -0.120. The highest BCUT2D eigenvalue weighted by molar-refractivity contribution is 4.53. The summed E-state index contributed by atoms with van der Waals surface area (Å²) < 4.78 is 0. The molecule has 0 aliphatic carbocycles. The van der Waals surface area contributed by atoms with Crippen LogP contribution in [0.3, 0.4) is 0 Å². The fraction of sp³-hybridized carbons (Fsp3) is 1.00. The summed E-state index contributed by atoms with van der Waals surface area (Å²) in [6, 6.07) is 0. The van der Waals surface area contributed by atoms with Gasteiger partial charge in [0.15, 0.2) is 0 Å². The molecule has 1 unspecified atom stereocenters. The van der Waals surface area contributed by atoms with Crippen molar-refractivity contribution in [2.45, 2.75) is 6.10 Å². The Bertz CT molecular complexity index is 38.5. The highest BCUT2D eigenvalue weighted by Crippen LogP contribution is 2.02. The Labute approximate surface area is 35.4 Å². The average molecular weight is 90.1 g/mol. The van der Waals surface area contributed by atoms with E-state index in [0.29, 0.717) is 6.61 Å². The van der Waals surface area contributed by atoms with Crippen LogP contribution in [-0.4, -0.2) is 24.4 Å². The van der Waals surface area contributed by atoms with Crippen molar-refractivity contribution in [3.63, 3.8) is 0 Å². The first-order valence-electron chi connectivity index (χ1n) is 1.82. The van der Waals surface area contributed by atoms with Crippen molar-refractivity contribution in [3.05, 3.63) is 0 Å². The molecule has 1 aliphatic rings. The SMILES string of the molecule is OCC1COO1. The van der Waals surface area contributed by atoms with E-state index in [1.54, 1.807) is 0 Å². The summed E-state index contributed by atoms with van der Waals surface area (Å²) in [5.74, 6) is 0. The third-order valence-corrected chi connectivity index (χ3v) is 0.662. The summed E-state index contributed by atoms with van der Waals surface area (Å²) >= 11 is 0. The van der Waals surface area contributed by atoms with Gasteiger partial charge in [-0.05, 0) is 0 Å². The quantitative estimate of drug-likeness (QED) is 0.433. The van der Waals surface area contributed by atoms with Crippen molar-refractivity contribution in [2.24, 2.45) is 0 Å². The molecule has 3 heteroatoms. The zero-order chi connectivity index (χ0) is 4.41. The number of aliphatic hydroxyl groups is 1. The molecule has 36 valence electrons. The smallest absolute Gasteiger partial charge is 0.142 e. The molecular weight excluding hydrogens is 84.0 g/mol. The second kappa shape index (κ2) is 1.55. The van der Waals surface area contributed by atoms with Gasteiger partial charge < -0.3 is 5.11 Å². The maximum atomic E-state index is 8.18. The summed E-state index contributed by atoms with van der Waals surface area (Å²) in [4.78, 5) is 8.60. The van der Waals surface area contributed by atoms with E-state index in [1.807, 2.05) is 0 Å². The molecule has 1 saturated heterocycles. The summed E-state index contributed by atoms with van der Waals surface area (Å²) in [5.41, 5.74) is 0. The van der Waals surface area contributed by atoms with E-state index in [4.69, 9.17) is 5.11 Å². The molecule has 1 atom stereocenters. The lowest BCUT2D eigenvalue weighted by Crippen LogP contribution is -2.33. The van der Waals surface area contributed by atoms with Crippen LogP contribution in [0.15, 0.2) is 0 Å². The Morgan fingerprint density at radius 1 is 1.83 bits per heavy atom. The summed E-state index contributed by atoms with van der Waals surface area (Å²) in [7, 11) is 0. The first-order valence-corrected chi connectivity index (χ1v) is 1.82.